The molecular weight excluding hydrogens is 383 g/mol. The molecule has 2 heterocycles. The van der Waals surface area contributed by atoms with Gasteiger partial charge in [-0.1, -0.05) is 24.3 Å². The topological polar surface area (TPSA) is 78.1 Å². The van der Waals surface area contributed by atoms with Crippen LogP contribution in [0.3, 0.4) is 0 Å². The first-order valence-corrected chi connectivity index (χ1v) is 9.88. The Kier molecular flexibility index (Phi) is 5.35. The summed E-state index contributed by atoms with van der Waals surface area (Å²) >= 11 is 0. The van der Waals surface area contributed by atoms with E-state index in [0.29, 0.717) is 36.5 Å². The fourth-order valence-electron chi connectivity index (χ4n) is 3.61. The van der Waals surface area contributed by atoms with Gasteiger partial charge in [0, 0.05) is 25.1 Å². The van der Waals surface area contributed by atoms with Crippen LogP contribution in [0.25, 0.3) is 0 Å². The van der Waals surface area contributed by atoms with Crippen LogP contribution < -0.4 is 10.9 Å². The van der Waals surface area contributed by atoms with E-state index in [0.717, 1.165) is 22.4 Å². The van der Waals surface area contributed by atoms with Gasteiger partial charge in [-0.3, -0.25) is 4.79 Å². The number of halogens is 1. The maximum Gasteiger partial charge on any atom is 0.322 e. The number of carbonyl (C=O) groups excluding carboxylic acids is 1. The number of nitrogens with zero attached hydrogens (tertiary/aromatic N) is 2. The van der Waals surface area contributed by atoms with Gasteiger partial charge in [0.2, 0.25) is 0 Å². The molecule has 0 saturated carbocycles. The number of carbonyl (C=O) groups is 1. The van der Waals surface area contributed by atoms with Gasteiger partial charge in [0.25, 0.3) is 5.56 Å². The van der Waals surface area contributed by atoms with E-state index in [1.54, 1.807) is 17.0 Å². The molecule has 154 valence electrons. The second kappa shape index (κ2) is 8.10. The summed E-state index contributed by atoms with van der Waals surface area (Å²) in [6, 6.07) is 11.7. The SMILES string of the molecule is Cc1cccc(NC(=O)N2CCc3nc(Cc4ccc(F)cc4)[nH]c(=O)c3C2)c1C. The Morgan fingerprint density at radius 1 is 1.20 bits per heavy atom. The summed E-state index contributed by atoms with van der Waals surface area (Å²) in [7, 11) is 0. The minimum atomic E-state index is -0.301. The third-order valence-electron chi connectivity index (χ3n) is 5.54. The number of benzene rings is 2. The van der Waals surface area contributed by atoms with Crippen molar-refractivity contribution >= 4 is 11.7 Å². The van der Waals surface area contributed by atoms with Crippen molar-refractivity contribution in [2.24, 2.45) is 0 Å². The lowest BCUT2D eigenvalue weighted by Gasteiger charge is -2.28. The minimum Gasteiger partial charge on any atom is -0.320 e. The lowest BCUT2D eigenvalue weighted by molar-refractivity contribution is 0.205. The quantitative estimate of drug-likeness (QED) is 0.696. The molecule has 0 saturated heterocycles. The smallest absolute Gasteiger partial charge is 0.320 e. The Balaban J connectivity index is 1.49. The second-order valence-corrected chi connectivity index (χ2v) is 7.59. The zero-order chi connectivity index (χ0) is 21.3. The van der Waals surface area contributed by atoms with Crippen LogP contribution in [0.4, 0.5) is 14.9 Å². The molecule has 0 fully saturated rings. The predicted molar refractivity (Wildman–Crippen MR) is 113 cm³/mol. The molecule has 0 radical (unpaired) electrons. The molecule has 1 aliphatic heterocycles. The molecule has 0 aliphatic carbocycles. The summed E-state index contributed by atoms with van der Waals surface area (Å²) < 4.78 is 13.1. The van der Waals surface area contributed by atoms with Crippen LogP contribution in [-0.2, 0) is 19.4 Å². The third-order valence-corrected chi connectivity index (χ3v) is 5.54. The number of nitrogens with one attached hydrogen (secondary N) is 2. The molecule has 4 rings (SSSR count). The molecule has 0 unspecified atom stereocenters. The summed E-state index contributed by atoms with van der Waals surface area (Å²) in [4.78, 5) is 34.4. The number of aromatic amines is 1. The van der Waals surface area contributed by atoms with Crippen LogP contribution >= 0.6 is 0 Å². The Morgan fingerprint density at radius 3 is 2.73 bits per heavy atom. The van der Waals surface area contributed by atoms with Gasteiger partial charge in [-0.25, -0.2) is 14.2 Å². The van der Waals surface area contributed by atoms with Crippen molar-refractivity contribution in [3.63, 3.8) is 0 Å². The summed E-state index contributed by atoms with van der Waals surface area (Å²) in [6.45, 7) is 4.66. The molecule has 2 aromatic carbocycles. The maximum atomic E-state index is 13.1. The number of aromatic nitrogens is 2. The monoisotopic (exact) mass is 406 g/mol. The highest BCUT2D eigenvalue weighted by molar-refractivity contribution is 5.90. The summed E-state index contributed by atoms with van der Waals surface area (Å²) in [5.41, 5.74) is 4.75. The molecule has 6 nitrogen and oxygen atoms in total. The number of urea groups is 1. The van der Waals surface area contributed by atoms with Gasteiger partial charge in [0.15, 0.2) is 0 Å². The first-order valence-electron chi connectivity index (χ1n) is 9.88. The van der Waals surface area contributed by atoms with Crippen LogP contribution in [0, 0.1) is 19.7 Å². The van der Waals surface area contributed by atoms with E-state index >= 15 is 0 Å². The summed E-state index contributed by atoms with van der Waals surface area (Å²) in [6.07, 6.45) is 0.926. The highest BCUT2D eigenvalue weighted by atomic mass is 19.1. The van der Waals surface area contributed by atoms with Crippen LogP contribution in [0.15, 0.2) is 47.3 Å². The highest BCUT2D eigenvalue weighted by Gasteiger charge is 2.25. The lowest BCUT2D eigenvalue weighted by Crippen LogP contribution is -2.42. The molecule has 1 aromatic heterocycles. The zero-order valence-electron chi connectivity index (χ0n) is 17.0. The molecule has 2 amide bonds. The normalized spacial score (nSPS) is 13.1. The highest BCUT2D eigenvalue weighted by Crippen LogP contribution is 2.20. The number of aryl methyl sites for hydroxylation is 1. The minimum absolute atomic E-state index is 0.213. The number of fused-ring (bicyclic) bond motifs is 1. The van der Waals surface area contributed by atoms with Crippen molar-refractivity contribution in [1.82, 2.24) is 14.9 Å². The van der Waals surface area contributed by atoms with Gasteiger partial charge in [-0.2, -0.15) is 0 Å². The number of H-pyrrole nitrogens is 1. The van der Waals surface area contributed by atoms with E-state index in [1.165, 1.54) is 12.1 Å². The molecule has 0 bridgehead atoms. The Bertz CT molecular complexity index is 1150. The first kappa shape index (κ1) is 19.8. The van der Waals surface area contributed by atoms with Gasteiger partial charge in [0.1, 0.15) is 11.6 Å². The fourth-order valence-corrected chi connectivity index (χ4v) is 3.61. The number of amides is 2. The molecule has 0 atom stereocenters. The van der Waals surface area contributed by atoms with Gasteiger partial charge in [-0.15, -0.1) is 0 Å². The van der Waals surface area contributed by atoms with Crippen LogP contribution in [0.2, 0.25) is 0 Å². The van der Waals surface area contributed by atoms with Crippen LogP contribution in [0.1, 0.15) is 33.8 Å². The van der Waals surface area contributed by atoms with Gasteiger partial charge in [-0.05, 0) is 48.7 Å². The van der Waals surface area contributed by atoms with E-state index in [2.05, 4.69) is 15.3 Å². The van der Waals surface area contributed by atoms with Crippen molar-refractivity contribution in [2.45, 2.75) is 33.2 Å². The van der Waals surface area contributed by atoms with Crippen molar-refractivity contribution in [2.75, 3.05) is 11.9 Å². The van der Waals surface area contributed by atoms with Gasteiger partial charge < -0.3 is 15.2 Å². The largest absolute Gasteiger partial charge is 0.322 e. The van der Waals surface area contributed by atoms with Crippen LogP contribution in [-0.4, -0.2) is 27.4 Å². The standard InChI is InChI=1S/C23H23FN4O2/c1-14-4-3-5-19(15(14)2)26-23(30)28-11-10-20-18(13-28)22(29)27-21(25-20)12-16-6-8-17(24)9-7-16/h3-9H,10-13H2,1-2H3,(H,26,30)(H,25,27,29). The molecule has 1 aliphatic rings. The Morgan fingerprint density at radius 2 is 1.97 bits per heavy atom. The predicted octanol–water partition coefficient (Wildman–Crippen LogP) is 3.71. The van der Waals surface area contributed by atoms with E-state index in [4.69, 9.17) is 0 Å². The average Bonchev–Trinajstić information content (AvgIpc) is 2.73. The van der Waals surface area contributed by atoms with E-state index in [9.17, 15) is 14.0 Å². The summed E-state index contributed by atoms with van der Waals surface area (Å²) in [5, 5.41) is 2.94. The molecule has 30 heavy (non-hydrogen) atoms. The Labute approximate surface area is 173 Å². The average molecular weight is 406 g/mol. The van der Waals surface area contributed by atoms with Crippen molar-refractivity contribution in [3.05, 3.63) is 92.4 Å². The zero-order valence-corrected chi connectivity index (χ0v) is 17.0. The van der Waals surface area contributed by atoms with Gasteiger partial charge in [0.05, 0.1) is 17.8 Å². The number of hydrogen-bond donors (Lipinski definition) is 2. The third kappa shape index (κ3) is 4.10. The second-order valence-electron chi connectivity index (χ2n) is 7.59. The van der Waals surface area contributed by atoms with E-state index in [-0.39, 0.29) is 24.0 Å². The van der Waals surface area contributed by atoms with Gasteiger partial charge >= 0.3 is 6.03 Å². The lowest BCUT2D eigenvalue weighted by atomic mass is 10.1. The van der Waals surface area contributed by atoms with E-state index < -0.39 is 0 Å². The molecular formula is C23H23FN4O2. The van der Waals surface area contributed by atoms with Crippen molar-refractivity contribution < 1.29 is 9.18 Å². The van der Waals surface area contributed by atoms with Crippen molar-refractivity contribution in [1.29, 1.82) is 0 Å². The molecule has 3 aromatic rings. The fraction of sp³-hybridized carbons (Fsp3) is 0.261. The molecule has 7 heteroatoms. The first-order chi connectivity index (χ1) is 14.4. The molecule has 2 N–H and O–H groups in total. The number of hydrogen-bond acceptors (Lipinski definition) is 3. The number of rotatable bonds is 3. The molecule has 0 spiro atoms. The van der Waals surface area contributed by atoms with Crippen LogP contribution in [0.5, 0.6) is 0 Å². The van der Waals surface area contributed by atoms with E-state index in [1.807, 2.05) is 32.0 Å². The summed E-state index contributed by atoms with van der Waals surface area (Å²) in [5.74, 6) is 0.239. The Hall–Kier alpha value is -3.48. The number of anilines is 1. The van der Waals surface area contributed by atoms with Crippen molar-refractivity contribution in [3.8, 4) is 0 Å². The maximum absolute atomic E-state index is 13.1.